The van der Waals surface area contributed by atoms with Gasteiger partial charge < -0.3 is 36.2 Å². The lowest BCUT2D eigenvalue weighted by molar-refractivity contribution is -0.137. The van der Waals surface area contributed by atoms with Gasteiger partial charge in [-0.1, -0.05) is 0 Å². The van der Waals surface area contributed by atoms with Gasteiger partial charge in [-0.2, -0.15) is 0 Å². The van der Waals surface area contributed by atoms with Gasteiger partial charge in [0.1, 0.15) is 17.7 Å². The van der Waals surface area contributed by atoms with Crippen LogP contribution in [0.5, 0.6) is 0 Å². The number of aliphatic hydroxyl groups is 2. The number of rotatable bonds is 7. The fourth-order valence-electron chi connectivity index (χ4n) is 4.02. The first kappa shape index (κ1) is 21.8. The third kappa shape index (κ3) is 4.30. The van der Waals surface area contributed by atoms with Crippen molar-refractivity contribution in [2.75, 3.05) is 19.3 Å². The molecule has 2 aromatic heterocycles. The number of nitrogens with two attached hydrogens (primary N) is 1. The molecule has 3 aliphatic rings. The van der Waals surface area contributed by atoms with Crippen LogP contribution in [0.4, 0.5) is 10.6 Å². The minimum absolute atomic E-state index is 0.0903. The van der Waals surface area contributed by atoms with E-state index in [1.165, 1.54) is 10.9 Å². The lowest BCUT2D eigenvalue weighted by atomic mass is 10.1. The lowest BCUT2D eigenvalue weighted by Gasteiger charge is -2.21. The van der Waals surface area contributed by atoms with E-state index in [0.717, 1.165) is 25.7 Å². The fourth-order valence-corrected chi connectivity index (χ4v) is 4.02. The Morgan fingerprint density at radius 1 is 1.24 bits per heavy atom. The Hall–Kier alpha value is -3.03. The van der Waals surface area contributed by atoms with Crippen LogP contribution in [0.3, 0.4) is 0 Å². The molecule has 1 saturated heterocycles. The molecule has 13 heteroatoms. The highest BCUT2D eigenvalue weighted by atomic mass is 16.6. The number of nitrogens with zero attached hydrogens (tertiary/aromatic N) is 5. The number of nitrogen functional groups attached to an aromatic ring is 1. The molecule has 2 aromatic rings. The van der Waals surface area contributed by atoms with Crippen molar-refractivity contribution in [3.05, 3.63) is 12.2 Å². The number of anilines is 1. The van der Waals surface area contributed by atoms with Crippen molar-refractivity contribution in [3.63, 3.8) is 0 Å². The maximum atomic E-state index is 12.4. The molecular weight excluding hydrogens is 432 g/mol. The van der Waals surface area contributed by atoms with E-state index in [2.05, 4.69) is 25.6 Å². The average Bonchev–Trinajstić information content (AvgIpc) is 3.71. The minimum Gasteiger partial charge on any atom is -0.387 e. The number of urea groups is 1. The summed E-state index contributed by atoms with van der Waals surface area (Å²) in [5, 5.41) is 26.5. The summed E-state index contributed by atoms with van der Waals surface area (Å²) in [6.45, 7) is 0.735. The zero-order valence-corrected chi connectivity index (χ0v) is 18.2. The number of nitrogens with one attached hydrogen (secondary N) is 2. The molecule has 0 aromatic carbocycles. The van der Waals surface area contributed by atoms with Crippen LogP contribution in [0, 0.1) is 5.92 Å². The van der Waals surface area contributed by atoms with E-state index in [0.29, 0.717) is 23.8 Å². The molecule has 0 bridgehead atoms. The van der Waals surface area contributed by atoms with Crippen molar-refractivity contribution in [2.24, 2.45) is 5.92 Å². The molecule has 33 heavy (non-hydrogen) atoms. The summed E-state index contributed by atoms with van der Waals surface area (Å²) >= 11 is 0. The summed E-state index contributed by atoms with van der Waals surface area (Å²) in [6.07, 6.45) is 0.212. The quantitative estimate of drug-likeness (QED) is 0.341. The third-order valence-corrected chi connectivity index (χ3v) is 6.20. The third-order valence-electron chi connectivity index (χ3n) is 6.20. The zero-order valence-electron chi connectivity index (χ0n) is 18.2. The summed E-state index contributed by atoms with van der Waals surface area (Å²) in [5.74, 6) is 0.429. The summed E-state index contributed by atoms with van der Waals surface area (Å²) in [7, 11) is 1.57. The van der Waals surface area contributed by atoms with Gasteiger partial charge in [-0.3, -0.25) is 9.36 Å². The number of aliphatic hydroxyl groups excluding tert-OH is 2. The van der Waals surface area contributed by atoms with Gasteiger partial charge in [0, 0.05) is 19.6 Å². The van der Waals surface area contributed by atoms with E-state index in [4.69, 9.17) is 10.5 Å². The van der Waals surface area contributed by atoms with Gasteiger partial charge >= 0.3 is 6.03 Å². The van der Waals surface area contributed by atoms with Crippen molar-refractivity contribution in [3.8, 4) is 0 Å². The van der Waals surface area contributed by atoms with E-state index < -0.39 is 30.4 Å². The molecule has 4 atom stereocenters. The van der Waals surface area contributed by atoms with Crippen LogP contribution in [-0.4, -0.2) is 84.5 Å². The highest BCUT2D eigenvalue weighted by Gasteiger charge is 2.48. The van der Waals surface area contributed by atoms with Gasteiger partial charge in [0.2, 0.25) is 0 Å². The first-order valence-electron chi connectivity index (χ1n) is 11.1. The number of hydrogen-bond acceptors (Lipinski definition) is 9. The van der Waals surface area contributed by atoms with Crippen molar-refractivity contribution in [2.45, 2.75) is 62.8 Å². The van der Waals surface area contributed by atoms with Gasteiger partial charge in [-0.05, 0) is 31.6 Å². The SMILES string of the molecule is CNC(=O)N(Cc1nc(N)c2ncn([C@@H]3O[C@H](C(=O)NC4CC4)C(O)C3O)c2n1)CC1CC1. The summed E-state index contributed by atoms with van der Waals surface area (Å²) in [5.41, 5.74) is 6.68. The summed E-state index contributed by atoms with van der Waals surface area (Å²) in [6, 6.07) is -0.146. The van der Waals surface area contributed by atoms with Gasteiger partial charge in [-0.25, -0.2) is 19.7 Å². The molecule has 2 aliphatic carbocycles. The van der Waals surface area contributed by atoms with Crippen LogP contribution >= 0.6 is 0 Å². The Labute approximate surface area is 189 Å². The number of imidazole rings is 1. The maximum absolute atomic E-state index is 12.4. The molecular formula is C20H28N8O5. The van der Waals surface area contributed by atoms with E-state index in [1.807, 2.05) is 0 Å². The van der Waals surface area contributed by atoms with Gasteiger partial charge in [0.05, 0.1) is 12.9 Å². The molecule has 0 spiro atoms. The molecule has 1 aliphatic heterocycles. The highest BCUT2D eigenvalue weighted by Crippen LogP contribution is 2.33. The average molecular weight is 460 g/mol. The molecule has 3 fully saturated rings. The first-order valence-corrected chi connectivity index (χ1v) is 11.1. The standard InChI is InChI=1S/C20H28N8O5/c1-22-20(32)27(6-9-2-3-9)7-11-25-16(21)12-17(26-11)28(8-23-12)19-14(30)13(29)15(33-19)18(31)24-10-4-5-10/h8-10,13-15,19,29-30H,2-7H2,1H3,(H,22,32)(H,24,31)(H2,21,25,26)/t13?,14?,15-,19+/m0/s1. The van der Waals surface area contributed by atoms with E-state index in [1.54, 1.807) is 11.9 Å². The summed E-state index contributed by atoms with van der Waals surface area (Å²) in [4.78, 5) is 39.4. The van der Waals surface area contributed by atoms with Crippen molar-refractivity contribution < 1.29 is 24.5 Å². The predicted octanol–water partition coefficient (Wildman–Crippen LogP) is -1.14. The van der Waals surface area contributed by atoms with Gasteiger partial charge in [0.25, 0.3) is 5.91 Å². The molecule has 5 rings (SSSR count). The van der Waals surface area contributed by atoms with E-state index >= 15 is 0 Å². The number of carbonyl (C=O) groups excluding carboxylic acids is 2. The molecule has 2 unspecified atom stereocenters. The first-order chi connectivity index (χ1) is 15.9. The Morgan fingerprint density at radius 2 is 2.00 bits per heavy atom. The van der Waals surface area contributed by atoms with Crippen LogP contribution in [0.15, 0.2) is 6.33 Å². The van der Waals surface area contributed by atoms with Crippen molar-refractivity contribution in [1.29, 1.82) is 0 Å². The number of ether oxygens (including phenoxy) is 1. The van der Waals surface area contributed by atoms with Crippen LogP contribution in [-0.2, 0) is 16.1 Å². The normalized spacial score (nSPS) is 27.0. The number of amides is 3. The van der Waals surface area contributed by atoms with E-state index in [-0.39, 0.29) is 30.1 Å². The second-order valence-corrected chi connectivity index (χ2v) is 8.94. The van der Waals surface area contributed by atoms with Crippen LogP contribution < -0.4 is 16.4 Å². The number of aromatic nitrogens is 4. The molecule has 0 radical (unpaired) electrons. The van der Waals surface area contributed by atoms with E-state index in [9.17, 15) is 19.8 Å². The van der Waals surface area contributed by atoms with Crippen LogP contribution in [0.2, 0.25) is 0 Å². The van der Waals surface area contributed by atoms with Crippen LogP contribution in [0.1, 0.15) is 37.7 Å². The number of fused-ring (bicyclic) bond motifs is 1. The molecule has 3 amide bonds. The Kier molecular flexibility index (Phi) is 5.54. The topological polar surface area (TPSA) is 181 Å². The van der Waals surface area contributed by atoms with Gasteiger partial charge in [-0.15, -0.1) is 0 Å². The Balaban J connectivity index is 1.41. The monoisotopic (exact) mass is 460 g/mol. The van der Waals surface area contributed by atoms with Crippen molar-refractivity contribution >= 4 is 28.9 Å². The molecule has 13 nitrogen and oxygen atoms in total. The second kappa shape index (κ2) is 8.39. The zero-order chi connectivity index (χ0) is 23.3. The fraction of sp³-hybridized carbons (Fsp3) is 0.650. The Morgan fingerprint density at radius 3 is 2.67 bits per heavy atom. The minimum atomic E-state index is -1.41. The lowest BCUT2D eigenvalue weighted by Crippen LogP contribution is -2.43. The number of hydrogen-bond donors (Lipinski definition) is 5. The Bertz CT molecular complexity index is 1070. The molecule has 6 N–H and O–H groups in total. The summed E-state index contributed by atoms with van der Waals surface area (Å²) < 4.78 is 7.17. The smallest absolute Gasteiger partial charge is 0.317 e. The predicted molar refractivity (Wildman–Crippen MR) is 114 cm³/mol. The van der Waals surface area contributed by atoms with Crippen molar-refractivity contribution in [1.82, 2.24) is 35.1 Å². The second-order valence-electron chi connectivity index (χ2n) is 8.94. The molecule has 3 heterocycles. The van der Waals surface area contributed by atoms with Crippen LogP contribution in [0.25, 0.3) is 11.2 Å². The maximum Gasteiger partial charge on any atom is 0.317 e. The number of carbonyl (C=O) groups is 2. The molecule has 178 valence electrons. The largest absolute Gasteiger partial charge is 0.387 e. The van der Waals surface area contributed by atoms with Gasteiger partial charge in [0.15, 0.2) is 29.6 Å². The molecule has 2 saturated carbocycles. The highest BCUT2D eigenvalue weighted by molar-refractivity contribution is 5.83.